The monoisotopic (exact) mass is 330 g/mol. The highest BCUT2D eigenvalue weighted by Crippen LogP contribution is 2.15. The van der Waals surface area contributed by atoms with Gasteiger partial charge in [-0.2, -0.15) is 0 Å². The summed E-state index contributed by atoms with van der Waals surface area (Å²) in [7, 11) is 0. The second kappa shape index (κ2) is 7.51. The van der Waals surface area contributed by atoms with E-state index >= 15 is 0 Å². The number of aliphatic carboxylic acids is 1. The molecule has 126 valence electrons. The van der Waals surface area contributed by atoms with Crippen LogP contribution in [0.5, 0.6) is 0 Å². The number of aromatic nitrogens is 2. The molecule has 1 amide bonds. The van der Waals surface area contributed by atoms with Gasteiger partial charge in [0.05, 0.1) is 6.61 Å². The SMILES string of the molecule is Cc1cc(C)nc(Nc2ccc(C(=O)NC(CO)C(=O)O)cc2)n1. The van der Waals surface area contributed by atoms with Gasteiger partial charge in [0, 0.05) is 22.6 Å². The fourth-order valence-corrected chi connectivity index (χ4v) is 2.04. The average molecular weight is 330 g/mol. The third kappa shape index (κ3) is 4.50. The van der Waals surface area contributed by atoms with E-state index in [0.29, 0.717) is 11.6 Å². The predicted molar refractivity (Wildman–Crippen MR) is 87.2 cm³/mol. The van der Waals surface area contributed by atoms with E-state index in [9.17, 15) is 9.59 Å². The Morgan fingerprint density at radius 1 is 1.12 bits per heavy atom. The van der Waals surface area contributed by atoms with Gasteiger partial charge in [0.15, 0.2) is 6.04 Å². The molecule has 4 N–H and O–H groups in total. The van der Waals surface area contributed by atoms with Crippen LogP contribution in [-0.4, -0.2) is 44.7 Å². The summed E-state index contributed by atoms with van der Waals surface area (Å²) < 4.78 is 0. The molecule has 1 atom stereocenters. The molecule has 1 aromatic carbocycles. The minimum atomic E-state index is -1.33. The first kappa shape index (κ1) is 17.4. The van der Waals surface area contributed by atoms with E-state index in [2.05, 4.69) is 20.6 Å². The normalized spacial score (nSPS) is 11.6. The number of aliphatic hydroxyl groups is 1. The number of hydrogen-bond acceptors (Lipinski definition) is 6. The van der Waals surface area contributed by atoms with Gasteiger partial charge in [0.1, 0.15) is 0 Å². The van der Waals surface area contributed by atoms with Crippen molar-refractivity contribution in [3.8, 4) is 0 Å². The van der Waals surface area contributed by atoms with Gasteiger partial charge in [-0.15, -0.1) is 0 Å². The topological polar surface area (TPSA) is 124 Å². The van der Waals surface area contributed by atoms with E-state index in [-0.39, 0.29) is 5.56 Å². The number of carboxylic acid groups (broad SMARTS) is 1. The quantitative estimate of drug-likeness (QED) is 0.623. The molecule has 0 radical (unpaired) electrons. The summed E-state index contributed by atoms with van der Waals surface area (Å²) >= 11 is 0. The van der Waals surface area contributed by atoms with Crippen LogP contribution < -0.4 is 10.6 Å². The Hall–Kier alpha value is -3.00. The average Bonchev–Trinajstić information content (AvgIpc) is 2.51. The Bertz CT molecular complexity index is 726. The molecule has 0 bridgehead atoms. The van der Waals surface area contributed by atoms with Crippen molar-refractivity contribution in [2.45, 2.75) is 19.9 Å². The van der Waals surface area contributed by atoms with Gasteiger partial charge < -0.3 is 20.8 Å². The molecule has 0 aliphatic carbocycles. The fourth-order valence-electron chi connectivity index (χ4n) is 2.04. The van der Waals surface area contributed by atoms with Gasteiger partial charge in [0.25, 0.3) is 5.91 Å². The van der Waals surface area contributed by atoms with Crippen LogP contribution in [0.3, 0.4) is 0 Å². The van der Waals surface area contributed by atoms with Gasteiger partial charge in [-0.25, -0.2) is 14.8 Å². The second-order valence-corrected chi connectivity index (χ2v) is 5.22. The van der Waals surface area contributed by atoms with Gasteiger partial charge in [-0.3, -0.25) is 4.79 Å². The predicted octanol–water partition coefficient (Wildman–Crippen LogP) is 1.01. The van der Waals surface area contributed by atoms with E-state index in [0.717, 1.165) is 11.4 Å². The Morgan fingerprint density at radius 2 is 1.71 bits per heavy atom. The van der Waals surface area contributed by atoms with Crippen molar-refractivity contribution >= 4 is 23.5 Å². The molecular formula is C16H18N4O4. The van der Waals surface area contributed by atoms with E-state index in [1.807, 2.05) is 19.9 Å². The summed E-state index contributed by atoms with van der Waals surface area (Å²) in [6.45, 7) is 3.06. The largest absolute Gasteiger partial charge is 0.480 e. The molecule has 1 unspecified atom stereocenters. The van der Waals surface area contributed by atoms with E-state index in [1.165, 1.54) is 12.1 Å². The molecule has 0 saturated carbocycles. The van der Waals surface area contributed by atoms with Crippen LogP contribution in [0.15, 0.2) is 30.3 Å². The molecule has 1 heterocycles. The number of carbonyl (C=O) groups is 2. The number of anilines is 2. The van der Waals surface area contributed by atoms with Crippen LogP contribution >= 0.6 is 0 Å². The van der Waals surface area contributed by atoms with Crippen LogP contribution in [0.1, 0.15) is 21.7 Å². The number of carboxylic acids is 1. The first-order valence-electron chi connectivity index (χ1n) is 7.23. The molecule has 0 fully saturated rings. The van der Waals surface area contributed by atoms with E-state index < -0.39 is 24.5 Å². The number of benzene rings is 1. The van der Waals surface area contributed by atoms with Gasteiger partial charge in [-0.1, -0.05) is 0 Å². The third-order valence-electron chi connectivity index (χ3n) is 3.17. The zero-order valence-electron chi connectivity index (χ0n) is 13.3. The maximum atomic E-state index is 11.9. The number of nitrogens with zero attached hydrogens (tertiary/aromatic N) is 2. The van der Waals surface area contributed by atoms with Gasteiger partial charge in [-0.05, 0) is 44.2 Å². The Labute approximate surface area is 138 Å². The van der Waals surface area contributed by atoms with Crippen molar-refractivity contribution in [1.29, 1.82) is 0 Å². The Balaban J connectivity index is 2.07. The molecule has 0 aliphatic rings. The van der Waals surface area contributed by atoms with Crippen molar-refractivity contribution in [1.82, 2.24) is 15.3 Å². The lowest BCUT2D eigenvalue weighted by Gasteiger charge is -2.12. The van der Waals surface area contributed by atoms with Crippen molar-refractivity contribution < 1.29 is 19.8 Å². The summed E-state index contributed by atoms with van der Waals surface area (Å²) in [5, 5.41) is 23.0. The third-order valence-corrected chi connectivity index (χ3v) is 3.17. The van der Waals surface area contributed by atoms with Crippen LogP contribution in [0.2, 0.25) is 0 Å². The zero-order valence-corrected chi connectivity index (χ0v) is 13.3. The summed E-state index contributed by atoms with van der Waals surface area (Å²) in [6, 6.07) is 6.92. The number of hydrogen-bond donors (Lipinski definition) is 4. The van der Waals surface area contributed by atoms with Crippen molar-refractivity contribution in [2.75, 3.05) is 11.9 Å². The van der Waals surface area contributed by atoms with E-state index in [4.69, 9.17) is 10.2 Å². The molecular weight excluding hydrogens is 312 g/mol. The number of rotatable bonds is 6. The Kier molecular flexibility index (Phi) is 5.43. The summed E-state index contributed by atoms with van der Waals surface area (Å²) in [5.41, 5.74) is 2.64. The maximum Gasteiger partial charge on any atom is 0.328 e. The molecule has 8 heteroatoms. The molecule has 2 rings (SSSR count). The standard InChI is InChI=1S/C16H18N4O4/c1-9-7-10(2)18-16(17-9)19-12-5-3-11(4-6-12)14(22)20-13(8-21)15(23)24/h3-7,13,21H,8H2,1-2H3,(H,20,22)(H,23,24)(H,17,18,19). The molecule has 0 aliphatic heterocycles. The summed E-state index contributed by atoms with van der Waals surface area (Å²) in [4.78, 5) is 31.3. The van der Waals surface area contributed by atoms with Crippen LogP contribution in [0, 0.1) is 13.8 Å². The first-order chi connectivity index (χ1) is 11.4. The highest BCUT2D eigenvalue weighted by Gasteiger charge is 2.19. The van der Waals surface area contributed by atoms with Crippen molar-refractivity contribution in [2.24, 2.45) is 0 Å². The molecule has 24 heavy (non-hydrogen) atoms. The van der Waals surface area contributed by atoms with Gasteiger partial charge in [0.2, 0.25) is 5.95 Å². The lowest BCUT2D eigenvalue weighted by molar-refractivity contribution is -0.140. The lowest BCUT2D eigenvalue weighted by Crippen LogP contribution is -2.43. The van der Waals surface area contributed by atoms with Gasteiger partial charge >= 0.3 is 5.97 Å². The van der Waals surface area contributed by atoms with Crippen molar-refractivity contribution in [3.05, 3.63) is 47.3 Å². The lowest BCUT2D eigenvalue weighted by atomic mass is 10.2. The van der Waals surface area contributed by atoms with Crippen LogP contribution in [0.4, 0.5) is 11.6 Å². The van der Waals surface area contributed by atoms with Crippen molar-refractivity contribution in [3.63, 3.8) is 0 Å². The summed E-state index contributed by atoms with van der Waals surface area (Å²) in [6.07, 6.45) is 0. The smallest absolute Gasteiger partial charge is 0.328 e. The van der Waals surface area contributed by atoms with Crippen LogP contribution in [0.25, 0.3) is 0 Å². The minimum absolute atomic E-state index is 0.279. The highest BCUT2D eigenvalue weighted by molar-refractivity contribution is 5.96. The summed E-state index contributed by atoms with van der Waals surface area (Å²) in [5.74, 6) is -1.42. The second-order valence-electron chi connectivity index (χ2n) is 5.22. The first-order valence-corrected chi connectivity index (χ1v) is 7.23. The number of carbonyl (C=O) groups excluding carboxylic acids is 1. The molecule has 8 nitrogen and oxygen atoms in total. The zero-order chi connectivity index (χ0) is 17.7. The fraction of sp³-hybridized carbons (Fsp3) is 0.250. The highest BCUT2D eigenvalue weighted by atomic mass is 16.4. The number of aliphatic hydroxyl groups excluding tert-OH is 1. The molecule has 1 aromatic heterocycles. The number of nitrogens with one attached hydrogen (secondary N) is 2. The molecule has 0 spiro atoms. The maximum absolute atomic E-state index is 11.9. The number of aryl methyl sites for hydroxylation is 2. The van der Waals surface area contributed by atoms with E-state index in [1.54, 1.807) is 12.1 Å². The van der Waals surface area contributed by atoms with Crippen LogP contribution in [-0.2, 0) is 4.79 Å². The Morgan fingerprint density at radius 3 is 2.21 bits per heavy atom. The number of amides is 1. The minimum Gasteiger partial charge on any atom is -0.480 e. The molecule has 0 saturated heterocycles. The molecule has 2 aromatic rings.